The summed E-state index contributed by atoms with van der Waals surface area (Å²) in [5, 5.41) is 0. The molecule has 4 rings (SSSR count). The second-order valence-corrected chi connectivity index (χ2v) is 8.89. The fourth-order valence-electron chi connectivity index (χ4n) is 3.66. The Morgan fingerprint density at radius 2 is 1.44 bits per heavy atom. The van der Waals surface area contributed by atoms with Crippen LogP contribution >= 0.6 is 0 Å². The number of hydrogen-bond donors (Lipinski definition) is 0. The SMILES string of the molecule is O=S(=O)(N1CCCCC1)N1CCN(c2ccnc(-c3ccccc3)n2)CC1. The molecule has 0 atom stereocenters. The molecular weight excluding hydrogens is 362 g/mol. The molecule has 2 fully saturated rings. The maximum absolute atomic E-state index is 12.8. The summed E-state index contributed by atoms with van der Waals surface area (Å²) in [6.45, 7) is 3.55. The number of rotatable bonds is 4. The maximum atomic E-state index is 12.8. The van der Waals surface area contributed by atoms with Gasteiger partial charge >= 0.3 is 0 Å². The van der Waals surface area contributed by atoms with E-state index in [9.17, 15) is 8.42 Å². The molecular formula is C19H25N5O2S. The molecule has 2 aromatic rings. The summed E-state index contributed by atoms with van der Waals surface area (Å²) >= 11 is 0. The Morgan fingerprint density at radius 1 is 0.778 bits per heavy atom. The highest BCUT2D eigenvalue weighted by Crippen LogP contribution is 2.22. The zero-order valence-electron chi connectivity index (χ0n) is 15.4. The first-order valence-corrected chi connectivity index (χ1v) is 10.9. The normalized spacial score (nSPS) is 19.9. The van der Waals surface area contributed by atoms with Crippen LogP contribution in [0.4, 0.5) is 5.82 Å². The first kappa shape index (κ1) is 18.3. The first-order chi connectivity index (χ1) is 13.1. The second kappa shape index (κ2) is 7.92. The second-order valence-electron chi connectivity index (χ2n) is 6.96. The smallest absolute Gasteiger partial charge is 0.282 e. The highest BCUT2D eigenvalue weighted by atomic mass is 32.2. The van der Waals surface area contributed by atoms with Gasteiger partial charge in [-0.25, -0.2) is 9.97 Å². The number of aromatic nitrogens is 2. The largest absolute Gasteiger partial charge is 0.354 e. The monoisotopic (exact) mass is 387 g/mol. The van der Waals surface area contributed by atoms with Crippen LogP contribution in [0.2, 0.25) is 0 Å². The summed E-state index contributed by atoms with van der Waals surface area (Å²) < 4.78 is 28.9. The van der Waals surface area contributed by atoms with Crippen molar-refractivity contribution in [1.82, 2.24) is 18.6 Å². The molecule has 0 aliphatic carbocycles. The first-order valence-electron chi connectivity index (χ1n) is 9.53. The number of piperazine rings is 1. The minimum atomic E-state index is -3.33. The lowest BCUT2D eigenvalue weighted by atomic mass is 10.2. The van der Waals surface area contributed by atoms with Gasteiger partial charge in [0, 0.05) is 51.0 Å². The summed E-state index contributed by atoms with van der Waals surface area (Å²) in [6, 6.07) is 11.8. The third-order valence-corrected chi connectivity index (χ3v) is 7.24. The standard InChI is InChI=1S/C19H25N5O2S/c25-27(26,23-11-5-2-6-12-23)24-15-13-22(14-16-24)18-9-10-20-19(21-18)17-7-3-1-4-8-17/h1,3-4,7-10H,2,5-6,11-16H2. The van der Waals surface area contributed by atoms with Crippen LogP contribution in [0.25, 0.3) is 11.4 Å². The van der Waals surface area contributed by atoms with Crippen LogP contribution in [0, 0.1) is 0 Å². The van der Waals surface area contributed by atoms with Crippen LogP contribution in [-0.4, -0.2) is 66.3 Å². The van der Waals surface area contributed by atoms with Crippen LogP contribution < -0.4 is 4.90 Å². The van der Waals surface area contributed by atoms with Gasteiger partial charge in [0.05, 0.1) is 0 Å². The molecule has 2 aliphatic rings. The molecule has 0 radical (unpaired) electrons. The van der Waals surface area contributed by atoms with Crippen molar-refractivity contribution in [3.05, 3.63) is 42.6 Å². The summed E-state index contributed by atoms with van der Waals surface area (Å²) in [6.07, 6.45) is 4.81. The van der Waals surface area contributed by atoms with Crippen molar-refractivity contribution in [2.75, 3.05) is 44.2 Å². The molecule has 0 N–H and O–H groups in total. The fraction of sp³-hybridized carbons (Fsp3) is 0.474. The lowest BCUT2D eigenvalue weighted by Gasteiger charge is -2.38. The molecule has 144 valence electrons. The zero-order valence-corrected chi connectivity index (χ0v) is 16.2. The summed E-state index contributed by atoms with van der Waals surface area (Å²) in [4.78, 5) is 11.2. The molecule has 0 unspecified atom stereocenters. The summed E-state index contributed by atoms with van der Waals surface area (Å²) in [5.74, 6) is 1.54. The maximum Gasteiger partial charge on any atom is 0.282 e. The van der Waals surface area contributed by atoms with Crippen molar-refractivity contribution < 1.29 is 8.42 Å². The van der Waals surface area contributed by atoms with Gasteiger partial charge in [0.15, 0.2) is 5.82 Å². The van der Waals surface area contributed by atoms with Crippen LogP contribution in [0.5, 0.6) is 0 Å². The van der Waals surface area contributed by atoms with Gasteiger partial charge in [0.25, 0.3) is 10.2 Å². The zero-order chi connectivity index (χ0) is 18.7. The molecule has 2 aliphatic heterocycles. The van der Waals surface area contributed by atoms with E-state index < -0.39 is 10.2 Å². The Hall–Kier alpha value is -2.03. The molecule has 0 saturated carbocycles. The lowest BCUT2D eigenvalue weighted by molar-refractivity contribution is 0.295. The molecule has 0 bridgehead atoms. The Bertz CT molecular complexity index is 861. The Balaban J connectivity index is 1.44. The van der Waals surface area contributed by atoms with Gasteiger partial charge < -0.3 is 4.90 Å². The van der Waals surface area contributed by atoms with Crippen molar-refractivity contribution >= 4 is 16.0 Å². The van der Waals surface area contributed by atoms with E-state index in [-0.39, 0.29) is 0 Å². The van der Waals surface area contributed by atoms with Gasteiger partial charge in [0.2, 0.25) is 0 Å². The molecule has 1 aromatic carbocycles. The Morgan fingerprint density at radius 3 is 2.15 bits per heavy atom. The van der Waals surface area contributed by atoms with Crippen molar-refractivity contribution in [1.29, 1.82) is 0 Å². The van der Waals surface area contributed by atoms with Crippen molar-refractivity contribution in [3.63, 3.8) is 0 Å². The van der Waals surface area contributed by atoms with Crippen LogP contribution in [0.1, 0.15) is 19.3 Å². The number of benzene rings is 1. The van der Waals surface area contributed by atoms with Crippen LogP contribution in [0.15, 0.2) is 42.6 Å². The van der Waals surface area contributed by atoms with Crippen molar-refractivity contribution in [3.8, 4) is 11.4 Å². The summed E-state index contributed by atoms with van der Waals surface area (Å²) in [5.41, 5.74) is 0.977. The highest BCUT2D eigenvalue weighted by molar-refractivity contribution is 7.86. The summed E-state index contributed by atoms with van der Waals surface area (Å²) in [7, 11) is -3.33. The minimum Gasteiger partial charge on any atom is -0.354 e. The number of piperidine rings is 1. The van der Waals surface area contributed by atoms with E-state index in [0.717, 1.165) is 30.6 Å². The van der Waals surface area contributed by atoms with Crippen LogP contribution in [0.3, 0.4) is 0 Å². The third kappa shape index (κ3) is 3.97. The Labute approximate surface area is 160 Å². The van der Waals surface area contributed by atoms with E-state index in [1.54, 1.807) is 14.8 Å². The third-order valence-electron chi connectivity index (χ3n) is 5.20. The minimum absolute atomic E-state index is 0.490. The quantitative estimate of drug-likeness (QED) is 0.803. The topological polar surface area (TPSA) is 69.6 Å². The van der Waals surface area contributed by atoms with Crippen LogP contribution in [-0.2, 0) is 10.2 Å². The van der Waals surface area contributed by atoms with E-state index >= 15 is 0 Å². The molecule has 0 amide bonds. The van der Waals surface area contributed by atoms with E-state index in [1.807, 2.05) is 36.4 Å². The van der Waals surface area contributed by atoms with Gasteiger partial charge in [-0.2, -0.15) is 17.0 Å². The molecule has 0 spiro atoms. The van der Waals surface area contributed by atoms with Gasteiger partial charge in [-0.3, -0.25) is 0 Å². The molecule has 3 heterocycles. The average Bonchev–Trinajstić information content (AvgIpc) is 2.75. The van der Waals surface area contributed by atoms with Gasteiger partial charge in [-0.1, -0.05) is 36.8 Å². The van der Waals surface area contributed by atoms with E-state index in [1.165, 1.54) is 0 Å². The number of anilines is 1. The lowest BCUT2D eigenvalue weighted by Crippen LogP contribution is -2.54. The van der Waals surface area contributed by atoms with E-state index in [0.29, 0.717) is 45.1 Å². The molecule has 27 heavy (non-hydrogen) atoms. The van der Waals surface area contributed by atoms with E-state index in [2.05, 4.69) is 14.9 Å². The number of hydrogen-bond acceptors (Lipinski definition) is 5. The fourth-order valence-corrected chi connectivity index (χ4v) is 5.33. The molecule has 8 heteroatoms. The Kier molecular flexibility index (Phi) is 5.38. The van der Waals surface area contributed by atoms with Crippen molar-refractivity contribution in [2.24, 2.45) is 0 Å². The molecule has 2 saturated heterocycles. The molecule has 7 nitrogen and oxygen atoms in total. The van der Waals surface area contributed by atoms with Gasteiger partial charge in [0.1, 0.15) is 5.82 Å². The predicted octanol–water partition coefficient (Wildman–Crippen LogP) is 2.00. The van der Waals surface area contributed by atoms with Crippen molar-refractivity contribution in [2.45, 2.75) is 19.3 Å². The van der Waals surface area contributed by atoms with Gasteiger partial charge in [-0.15, -0.1) is 0 Å². The van der Waals surface area contributed by atoms with Gasteiger partial charge in [-0.05, 0) is 18.9 Å². The average molecular weight is 388 g/mol. The predicted molar refractivity (Wildman–Crippen MR) is 106 cm³/mol. The highest BCUT2D eigenvalue weighted by Gasteiger charge is 2.33. The molecule has 1 aromatic heterocycles. The van der Waals surface area contributed by atoms with E-state index in [4.69, 9.17) is 0 Å². The number of nitrogens with zero attached hydrogens (tertiary/aromatic N) is 5.